The largest absolute Gasteiger partial charge is 0.778 e. The molecule has 0 aliphatic carbocycles. The average Bonchev–Trinajstić information content (AvgIpc) is 4.05. The number of aliphatic carboxylic acids is 1. The summed E-state index contributed by atoms with van der Waals surface area (Å²) < 4.78 is 71.6. The molecule has 422 valence electrons. The number of esters is 1. The highest BCUT2D eigenvalue weighted by Gasteiger charge is 2.45. The number of methoxy groups -OCH3 is 1. The van der Waals surface area contributed by atoms with Gasteiger partial charge in [-0.3, -0.25) is 29.4 Å². The van der Waals surface area contributed by atoms with Crippen LogP contribution in [0, 0.1) is 12.7 Å². The summed E-state index contributed by atoms with van der Waals surface area (Å²) in [6.07, 6.45) is 8.80. The van der Waals surface area contributed by atoms with E-state index in [1.807, 2.05) is 29.6 Å². The number of furan rings is 1. The van der Waals surface area contributed by atoms with Gasteiger partial charge in [0.05, 0.1) is 56.7 Å². The second-order valence-electron chi connectivity index (χ2n) is 16.4. The summed E-state index contributed by atoms with van der Waals surface area (Å²) in [5.41, 5.74) is 1.13. The number of amides is 2. The second-order valence-corrected chi connectivity index (χ2v) is 22.7. The van der Waals surface area contributed by atoms with Crippen LogP contribution in [0.15, 0.2) is 57.9 Å². The Kier molecular flexibility index (Phi) is 30.9. The van der Waals surface area contributed by atoms with Gasteiger partial charge in [-0.05, 0) is 92.4 Å². The first-order valence-corrected chi connectivity index (χ1v) is 28.8. The Morgan fingerprint density at radius 3 is 2.08 bits per heavy atom. The summed E-state index contributed by atoms with van der Waals surface area (Å²) in [5, 5.41) is 12.5. The Balaban J connectivity index is 0.000000509. The highest BCUT2D eigenvalue weighted by atomic mass is 35.5. The Bertz CT molecular complexity index is 2530. The summed E-state index contributed by atoms with van der Waals surface area (Å²) in [6, 6.07) is 11.7. The van der Waals surface area contributed by atoms with Crippen molar-refractivity contribution in [2.24, 2.45) is 0 Å². The molecule has 75 heavy (non-hydrogen) atoms. The molecular weight excluding hydrogens is 1140 g/mol. The predicted molar refractivity (Wildman–Crippen MR) is 283 cm³/mol. The van der Waals surface area contributed by atoms with E-state index in [1.165, 1.54) is 11.8 Å². The number of aromatic nitrogens is 3. The summed E-state index contributed by atoms with van der Waals surface area (Å²) in [6.45, 7) is 7.69. The zero-order valence-corrected chi connectivity index (χ0v) is 48.3. The minimum atomic E-state index is -4.35. The van der Waals surface area contributed by atoms with Gasteiger partial charge in [0.25, 0.3) is 5.91 Å². The van der Waals surface area contributed by atoms with Crippen LogP contribution in [-0.4, -0.2) is 133 Å². The summed E-state index contributed by atoms with van der Waals surface area (Å²) in [5.74, 6) is -2.93. The molecular formula is C46H63Cl5F3N6O13PS. The number of halogens is 8. The highest BCUT2D eigenvalue weighted by Crippen LogP contribution is 2.37. The van der Waals surface area contributed by atoms with Gasteiger partial charge < -0.3 is 43.0 Å². The molecule has 0 bridgehead atoms. The molecule has 0 saturated carbocycles. The highest BCUT2D eigenvalue weighted by molar-refractivity contribution is 7.94. The third kappa shape index (κ3) is 23.0. The van der Waals surface area contributed by atoms with Gasteiger partial charge in [-0.2, -0.15) is 13.5 Å². The van der Waals surface area contributed by atoms with E-state index < -0.39 is 66.4 Å². The molecule has 3 atom stereocenters. The fraction of sp³-hybridized carbons (Fsp3) is 0.522. The van der Waals surface area contributed by atoms with E-state index in [0.717, 1.165) is 41.8 Å². The Labute approximate surface area is 461 Å². The number of nitrogens with one attached hydrogen (secondary N) is 1. The van der Waals surface area contributed by atoms with Gasteiger partial charge in [-0.15, -0.1) is 28.3 Å². The van der Waals surface area contributed by atoms with Crippen molar-refractivity contribution < 1.29 is 70.4 Å². The topological polar surface area (TPSA) is 248 Å². The van der Waals surface area contributed by atoms with E-state index in [2.05, 4.69) is 37.7 Å². The van der Waals surface area contributed by atoms with Crippen LogP contribution in [0.3, 0.4) is 0 Å². The van der Waals surface area contributed by atoms with Crippen LogP contribution in [0.4, 0.5) is 18.9 Å². The van der Waals surface area contributed by atoms with E-state index >= 15 is 0 Å². The van der Waals surface area contributed by atoms with Gasteiger partial charge in [0.15, 0.2) is 10.7 Å². The molecule has 1 aliphatic rings. The third-order valence-electron chi connectivity index (χ3n) is 9.70. The maximum absolute atomic E-state index is 14.2. The van der Waals surface area contributed by atoms with Crippen LogP contribution in [0.2, 0.25) is 5.02 Å². The maximum Gasteiger partial charge on any atom is 0.355 e. The minimum absolute atomic E-state index is 0.0371. The molecule has 3 heterocycles. The van der Waals surface area contributed by atoms with Crippen molar-refractivity contribution in [1.29, 1.82) is 0 Å². The lowest BCUT2D eigenvalue weighted by molar-refractivity contribution is -0.193. The smallest absolute Gasteiger partial charge is 0.355 e. The van der Waals surface area contributed by atoms with E-state index in [9.17, 15) is 46.6 Å². The number of para-hydroxylation sites is 1. The first-order chi connectivity index (χ1) is 34.9. The molecule has 0 radical (unpaired) electrons. The number of carbonyl (C=O) groups is 4. The number of carboxylic acids is 1. The van der Waals surface area contributed by atoms with E-state index in [4.69, 9.17) is 86.6 Å². The van der Waals surface area contributed by atoms with Crippen LogP contribution in [0.25, 0.3) is 5.69 Å². The number of aryl methyl sites for hydroxylation is 3. The number of nitrogens with zero attached hydrogens (tertiary/aromatic N) is 5. The standard InChI is InChI=1S/C15H14Cl2F3N3O3.C14H20ClNO2.C11H13Cl2NO3.C3H8NO5P.C3H9S/c1-3-26-13(24)10(17)4-8-5-12(11(18)6-9(8)16)23-15(25)22(14(19)20)7(2)21-23;1-4-11-7-6-8-12(5-2)14(11)16(10-18-3)13(17)9-15;1-11(2)14(10(15)9(12)13)6-8(17-11)7-4-3-5-16-7;5-3(6)1-4-2-10(7,8)9;1-4(2)3/h5-6,10,14H,3-4H2,1-2H3;6-8H,4-5,9-10H2,1-3H3;3-5,8-9H,6H2,1-2H3;4H,1-2H2,(H,5,6)(H2,7,8,9);1-3H3/q;;;;+1/p-1. The quantitative estimate of drug-likeness (QED) is 0.0285. The third-order valence-corrected chi connectivity index (χ3v) is 11.6. The van der Waals surface area contributed by atoms with Gasteiger partial charge in [0.1, 0.15) is 54.7 Å². The van der Waals surface area contributed by atoms with Gasteiger partial charge in [-0.25, -0.2) is 13.8 Å². The number of benzene rings is 2. The first-order valence-electron chi connectivity index (χ1n) is 22.4. The Morgan fingerprint density at radius 2 is 1.64 bits per heavy atom. The van der Waals surface area contributed by atoms with Gasteiger partial charge >= 0.3 is 24.2 Å². The lowest BCUT2D eigenvalue weighted by atomic mass is 10.0. The molecule has 19 nitrogen and oxygen atoms in total. The predicted octanol–water partition coefficient (Wildman–Crippen LogP) is 7.61. The molecule has 1 fully saturated rings. The molecule has 3 unspecified atom stereocenters. The van der Waals surface area contributed by atoms with Crippen molar-refractivity contribution in [2.45, 2.75) is 89.4 Å². The van der Waals surface area contributed by atoms with Crippen LogP contribution in [0.5, 0.6) is 0 Å². The van der Waals surface area contributed by atoms with Crippen LogP contribution >= 0.6 is 65.6 Å². The number of carbonyl (C=O) groups excluding carboxylic acids is 3. The summed E-state index contributed by atoms with van der Waals surface area (Å²) in [7, 11) is -2.13. The molecule has 5 rings (SSSR count). The van der Waals surface area contributed by atoms with E-state index in [1.54, 1.807) is 45.1 Å². The second kappa shape index (κ2) is 33.5. The molecule has 0 spiro atoms. The maximum atomic E-state index is 14.2. The average molecular weight is 1210 g/mol. The molecule has 4 aromatic rings. The van der Waals surface area contributed by atoms with Gasteiger partial charge in [-0.1, -0.05) is 66.8 Å². The van der Waals surface area contributed by atoms with Crippen molar-refractivity contribution in [3.8, 4) is 5.69 Å². The fourth-order valence-corrected chi connectivity index (χ4v) is 7.76. The van der Waals surface area contributed by atoms with Crippen molar-refractivity contribution in [3.05, 3.63) is 98.3 Å². The normalized spacial score (nSPS) is 14.8. The minimum Gasteiger partial charge on any atom is -0.778 e. The van der Waals surface area contributed by atoms with Gasteiger partial charge in [0, 0.05) is 18.6 Å². The number of anilines is 1. The number of hydrogen-bond acceptors (Lipinski definition) is 13. The molecule has 2 amide bonds. The van der Waals surface area contributed by atoms with E-state index in [-0.39, 0.29) is 70.2 Å². The molecule has 1 saturated heterocycles. The zero-order chi connectivity index (χ0) is 57.5. The zero-order valence-electron chi connectivity index (χ0n) is 42.8. The Hall–Kier alpha value is -3.84. The summed E-state index contributed by atoms with van der Waals surface area (Å²) in [4.78, 5) is 77.3. The number of hydrogen-bond donors (Lipinski definition) is 3. The van der Waals surface area contributed by atoms with E-state index in [0.29, 0.717) is 27.9 Å². The molecule has 3 N–H and O–H groups in total. The van der Waals surface area contributed by atoms with Crippen LogP contribution < -0.4 is 20.8 Å². The Morgan fingerprint density at radius 1 is 1.05 bits per heavy atom. The molecule has 2 aromatic carbocycles. The number of alkyl halides is 6. The van der Waals surface area contributed by atoms with Crippen molar-refractivity contribution in [1.82, 2.24) is 24.6 Å². The molecule has 1 aliphatic heterocycles. The lowest BCUT2D eigenvalue weighted by Crippen LogP contribution is -2.45. The molecule has 29 heteroatoms. The summed E-state index contributed by atoms with van der Waals surface area (Å²) >= 11 is 28.8. The monoisotopic (exact) mass is 1200 g/mol. The number of carboxylic acid groups (broad SMARTS) is 1. The van der Waals surface area contributed by atoms with Crippen molar-refractivity contribution >= 4 is 106 Å². The number of rotatable bonds is 18. The van der Waals surface area contributed by atoms with Crippen molar-refractivity contribution in [3.63, 3.8) is 0 Å². The number of ether oxygens (including phenoxy) is 3. The fourth-order valence-electron chi connectivity index (χ4n) is 6.53. The lowest BCUT2D eigenvalue weighted by Gasteiger charge is -2.29. The van der Waals surface area contributed by atoms with Crippen molar-refractivity contribution in [2.75, 3.05) is 69.4 Å². The van der Waals surface area contributed by atoms with Crippen LogP contribution in [-0.2, 0) is 68.1 Å². The van der Waals surface area contributed by atoms with Crippen LogP contribution in [0.1, 0.15) is 75.5 Å². The van der Waals surface area contributed by atoms with Gasteiger partial charge in [0.2, 0.25) is 5.91 Å². The SMILES string of the molecule is CC1(C)OC(c2ccco2)CN1C(=O)C(Cl)Cl.CCOC(=O)C(Cl)Cc1cc(-n2nc(C)n(C(F)F)c2=O)c(F)cc1Cl.CCc1cccc(CC)c1N(COC)C(=O)CCl.C[S+](C)C.O=C(O)CNCP(=O)([O-])O. The molecule has 2 aromatic heterocycles. The first kappa shape index (κ1) is 69.2.